The summed E-state index contributed by atoms with van der Waals surface area (Å²) in [6.45, 7) is 2.22. The predicted molar refractivity (Wildman–Crippen MR) is 42.4 cm³/mol. The van der Waals surface area contributed by atoms with E-state index in [1.54, 1.807) is 19.1 Å². The van der Waals surface area contributed by atoms with Crippen molar-refractivity contribution in [2.75, 3.05) is 6.61 Å². The molecule has 0 aromatic heterocycles. The smallest absolute Gasteiger partial charge is 1.00 e. The van der Waals surface area contributed by atoms with Crippen molar-refractivity contribution in [2.45, 2.75) is 6.92 Å². The van der Waals surface area contributed by atoms with E-state index in [0.717, 1.165) is 0 Å². The van der Waals surface area contributed by atoms with Gasteiger partial charge in [0.1, 0.15) is 0 Å². The first-order valence-electron chi connectivity index (χ1n) is 3.56. The molecular weight excluding hydrogens is 330 g/mol. The van der Waals surface area contributed by atoms with Crippen LogP contribution in [0.1, 0.15) is 17.3 Å². The molecule has 0 amide bonds. The van der Waals surface area contributed by atoms with Gasteiger partial charge < -0.3 is 54.4 Å². The van der Waals surface area contributed by atoms with E-state index >= 15 is 0 Å². The van der Waals surface area contributed by atoms with Crippen LogP contribution in [0.2, 0.25) is 0 Å². The van der Waals surface area contributed by atoms with E-state index < -0.39 is 0 Å². The summed E-state index contributed by atoms with van der Waals surface area (Å²) in [4.78, 5) is 11.0. The molecule has 2 nitrogen and oxygen atoms in total. The Kier molecular flexibility index (Phi) is 33.7. The summed E-state index contributed by atoms with van der Waals surface area (Å²) in [7, 11) is 0. The molecule has 90 valence electrons. The van der Waals surface area contributed by atoms with E-state index in [1.165, 1.54) is 0 Å². The second kappa shape index (κ2) is 17.9. The van der Waals surface area contributed by atoms with Gasteiger partial charge in [0.25, 0.3) is 0 Å². The number of carbonyl (C=O) groups is 1. The maximum atomic E-state index is 11.0. The van der Waals surface area contributed by atoms with Gasteiger partial charge in [-0.05, 0) is 19.1 Å². The largest absolute Gasteiger partial charge is 4.00 e. The maximum absolute atomic E-state index is 11.0. The molecule has 0 aliphatic carbocycles. The summed E-state index contributed by atoms with van der Waals surface area (Å²) in [5.41, 5.74) is 0.606. The molecule has 0 fully saturated rings. The molecule has 0 aliphatic rings. The van der Waals surface area contributed by atoms with E-state index in [1.807, 2.05) is 18.2 Å². The van der Waals surface area contributed by atoms with Crippen LogP contribution in [0.25, 0.3) is 0 Å². The van der Waals surface area contributed by atoms with Crippen LogP contribution >= 0.6 is 0 Å². The molecule has 0 atom stereocenters. The van der Waals surface area contributed by atoms with Crippen molar-refractivity contribution in [3.05, 3.63) is 35.9 Å². The van der Waals surface area contributed by atoms with Gasteiger partial charge in [-0.3, -0.25) is 0 Å². The molecule has 16 heavy (non-hydrogen) atoms. The number of hydrogen-bond acceptors (Lipinski definition) is 2. The second-order valence-electron chi connectivity index (χ2n) is 2.09. The number of benzene rings is 1. The Morgan fingerprint density at radius 3 is 1.88 bits per heavy atom. The van der Waals surface area contributed by atoms with E-state index in [2.05, 4.69) is 0 Å². The quantitative estimate of drug-likeness (QED) is 0.395. The van der Waals surface area contributed by atoms with Gasteiger partial charge in [0, 0.05) is 0 Å². The SMILES string of the molecule is CCOC(=O)c1ccccc1.[Cl-].[Cl-].[Cl-].[Cl-].[Ti+4]. The van der Waals surface area contributed by atoms with Gasteiger partial charge in [0.2, 0.25) is 0 Å². The van der Waals surface area contributed by atoms with Crippen LogP contribution in [0.15, 0.2) is 30.3 Å². The molecule has 0 saturated carbocycles. The molecule has 1 aromatic rings. The molecule has 0 heterocycles. The van der Waals surface area contributed by atoms with Crippen LogP contribution in [0, 0.1) is 0 Å². The summed E-state index contributed by atoms with van der Waals surface area (Å²) in [5.74, 6) is -0.256. The Hall–Kier alpha value is 0.564. The van der Waals surface area contributed by atoms with Gasteiger partial charge in [-0.1, -0.05) is 18.2 Å². The van der Waals surface area contributed by atoms with Crippen LogP contribution < -0.4 is 49.6 Å². The molecule has 0 unspecified atom stereocenters. The normalized spacial score (nSPS) is 6.31. The predicted octanol–water partition coefficient (Wildman–Crippen LogP) is -10.1. The molecule has 0 saturated heterocycles. The summed E-state index contributed by atoms with van der Waals surface area (Å²) in [5, 5.41) is 0. The van der Waals surface area contributed by atoms with Crippen LogP contribution in [0.4, 0.5) is 0 Å². The maximum Gasteiger partial charge on any atom is 4.00 e. The minimum absolute atomic E-state index is 0. The van der Waals surface area contributed by atoms with Crippen molar-refractivity contribution in [1.29, 1.82) is 0 Å². The van der Waals surface area contributed by atoms with Crippen LogP contribution in [0.5, 0.6) is 0 Å². The van der Waals surface area contributed by atoms with Crippen molar-refractivity contribution in [3.63, 3.8) is 0 Å². The monoisotopic (exact) mass is 338 g/mol. The number of rotatable bonds is 2. The van der Waals surface area contributed by atoms with Crippen LogP contribution in [-0.4, -0.2) is 12.6 Å². The number of ether oxygens (including phenoxy) is 1. The van der Waals surface area contributed by atoms with Crippen LogP contribution in [0.3, 0.4) is 0 Å². The minimum atomic E-state index is -0.256. The van der Waals surface area contributed by atoms with Gasteiger partial charge in [0.05, 0.1) is 12.2 Å². The van der Waals surface area contributed by atoms with Crippen LogP contribution in [-0.2, 0) is 26.5 Å². The fourth-order valence-electron chi connectivity index (χ4n) is 0.789. The van der Waals surface area contributed by atoms with Gasteiger partial charge in [-0.2, -0.15) is 0 Å². The number of carbonyl (C=O) groups excluding carboxylic acids is 1. The van der Waals surface area contributed by atoms with Gasteiger partial charge in [-0.15, -0.1) is 0 Å². The van der Waals surface area contributed by atoms with Gasteiger partial charge in [-0.25, -0.2) is 4.79 Å². The first-order valence-corrected chi connectivity index (χ1v) is 3.56. The molecule has 1 rings (SSSR count). The second-order valence-corrected chi connectivity index (χ2v) is 2.09. The molecule has 0 bridgehead atoms. The van der Waals surface area contributed by atoms with Crippen molar-refractivity contribution in [2.24, 2.45) is 0 Å². The van der Waals surface area contributed by atoms with E-state index in [0.29, 0.717) is 12.2 Å². The Bertz CT molecular complexity index is 247. The first kappa shape index (κ1) is 30.0. The third kappa shape index (κ3) is 11.1. The first-order chi connectivity index (χ1) is 5.34. The van der Waals surface area contributed by atoms with Crippen molar-refractivity contribution < 1.29 is 80.9 Å². The minimum Gasteiger partial charge on any atom is -1.00 e. The summed E-state index contributed by atoms with van der Waals surface area (Å²) in [6.07, 6.45) is 0. The Labute approximate surface area is 135 Å². The van der Waals surface area contributed by atoms with E-state index in [9.17, 15) is 4.79 Å². The fourth-order valence-corrected chi connectivity index (χ4v) is 0.789. The number of halogens is 4. The molecule has 0 spiro atoms. The standard InChI is InChI=1S/C9H10O2.4ClH.Ti/c1-2-11-9(10)8-6-4-3-5-7-8;;;;;/h3-7H,2H2,1H3;4*1H;/q;;;;;+4/p-4. The zero-order valence-electron chi connectivity index (χ0n) is 8.42. The molecule has 1 aromatic carbocycles. The topological polar surface area (TPSA) is 26.3 Å². The summed E-state index contributed by atoms with van der Waals surface area (Å²) in [6, 6.07) is 8.96. The Morgan fingerprint density at radius 1 is 1.06 bits per heavy atom. The molecule has 0 N–H and O–H groups in total. The van der Waals surface area contributed by atoms with Crippen molar-refractivity contribution in [1.82, 2.24) is 0 Å². The van der Waals surface area contributed by atoms with Crippen molar-refractivity contribution >= 4 is 5.97 Å². The number of esters is 1. The number of hydrogen-bond donors (Lipinski definition) is 0. The Balaban J connectivity index is -0.0000000807. The van der Waals surface area contributed by atoms with Crippen molar-refractivity contribution in [3.8, 4) is 0 Å². The average Bonchev–Trinajstić information content (AvgIpc) is 2.07. The fraction of sp³-hybridized carbons (Fsp3) is 0.222. The zero-order chi connectivity index (χ0) is 8.10. The summed E-state index contributed by atoms with van der Waals surface area (Å²) >= 11 is 0. The molecule has 0 radical (unpaired) electrons. The van der Waals surface area contributed by atoms with Gasteiger partial charge >= 0.3 is 27.7 Å². The molecule has 7 heteroatoms. The van der Waals surface area contributed by atoms with E-state index in [4.69, 9.17) is 4.74 Å². The third-order valence-electron chi connectivity index (χ3n) is 1.28. The van der Waals surface area contributed by atoms with Gasteiger partial charge in [0.15, 0.2) is 0 Å². The van der Waals surface area contributed by atoms with E-state index in [-0.39, 0.29) is 77.3 Å². The third-order valence-corrected chi connectivity index (χ3v) is 1.28. The zero-order valence-corrected chi connectivity index (χ0v) is 13.0. The summed E-state index contributed by atoms with van der Waals surface area (Å²) < 4.78 is 4.79. The average molecular weight is 340 g/mol. The Morgan fingerprint density at radius 2 is 1.50 bits per heavy atom. The molecular formula is C9H10Cl4O2Ti. The molecule has 0 aliphatic heterocycles.